The molecule has 2 aromatic rings. The monoisotopic (exact) mass is 356 g/mol. The van der Waals surface area contributed by atoms with Gasteiger partial charge in [0, 0.05) is 10.6 Å². The van der Waals surface area contributed by atoms with Gasteiger partial charge in [-0.3, -0.25) is 9.59 Å². The molecule has 0 radical (unpaired) electrons. The van der Waals surface area contributed by atoms with Gasteiger partial charge in [-0.25, -0.2) is 0 Å². The summed E-state index contributed by atoms with van der Waals surface area (Å²) < 4.78 is 5.18. The zero-order valence-corrected chi connectivity index (χ0v) is 14.6. The van der Waals surface area contributed by atoms with Crippen molar-refractivity contribution < 1.29 is 14.3 Å². The number of ether oxygens (including phenoxy) is 1. The van der Waals surface area contributed by atoms with Gasteiger partial charge in [0.2, 0.25) is 5.91 Å². The van der Waals surface area contributed by atoms with E-state index in [1.54, 1.807) is 36.0 Å². The summed E-state index contributed by atoms with van der Waals surface area (Å²) in [6.45, 7) is -0.164. The summed E-state index contributed by atoms with van der Waals surface area (Å²) in [6.07, 6.45) is 3.53. The van der Waals surface area contributed by atoms with Gasteiger partial charge >= 0.3 is 0 Å². The van der Waals surface area contributed by atoms with Gasteiger partial charge in [0.15, 0.2) is 6.61 Å². The number of primary amides is 1. The van der Waals surface area contributed by atoms with Crippen molar-refractivity contribution in [3.8, 4) is 5.75 Å². The minimum Gasteiger partial charge on any atom is -0.484 e. The Morgan fingerprint density at radius 1 is 1.08 bits per heavy atom. The molecule has 0 aromatic heterocycles. The molecule has 25 heavy (non-hydrogen) atoms. The molecule has 0 fully saturated rings. The van der Waals surface area contributed by atoms with Crippen molar-refractivity contribution in [2.45, 2.75) is 24.2 Å². The highest BCUT2D eigenvalue weighted by Crippen LogP contribution is 2.27. The zero-order chi connectivity index (χ0) is 17.6. The number of rotatable bonds is 7. The van der Waals surface area contributed by atoms with Crippen LogP contribution in [0.5, 0.6) is 5.75 Å². The first-order valence-electron chi connectivity index (χ1n) is 8.16. The topological polar surface area (TPSA) is 81.4 Å². The Labute approximate surface area is 150 Å². The minimum atomic E-state index is -0.527. The molecule has 1 aliphatic carbocycles. The van der Waals surface area contributed by atoms with Crippen LogP contribution in [0, 0.1) is 0 Å². The first-order valence-corrected chi connectivity index (χ1v) is 9.14. The standard InChI is InChI=1S/C19H20N2O3S/c20-18(22)11-24-16-7-5-15(6-8-16)21-19(23)12-25-17-9-4-13-2-1-3-14(13)10-17/h4-10H,1-3,11-12H2,(H2,20,22)(H,21,23). The summed E-state index contributed by atoms with van der Waals surface area (Å²) >= 11 is 1.54. The summed E-state index contributed by atoms with van der Waals surface area (Å²) in [6, 6.07) is 13.3. The molecule has 3 N–H and O–H groups in total. The summed E-state index contributed by atoms with van der Waals surface area (Å²) in [7, 11) is 0. The molecule has 2 aromatic carbocycles. The molecule has 0 atom stereocenters. The molecule has 0 aliphatic heterocycles. The smallest absolute Gasteiger partial charge is 0.255 e. The van der Waals surface area contributed by atoms with Crippen LogP contribution in [0.3, 0.4) is 0 Å². The van der Waals surface area contributed by atoms with Crippen LogP contribution < -0.4 is 15.8 Å². The average Bonchev–Trinajstić information content (AvgIpc) is 3.07. The molecule has 6 heteroatoms. The lowest BCUT2D eigenvalue weighted by atomic mass is 10.1. The maximum absolute atomic E-state index is 12.1. The van der Waals surface area contributed by atoms with Crippen molar-refractivity contribution in [2.24, 2.45) is 5.73 Å². The number of amides is 2. The number of fused-ring (bicyclic) bond motifs is 1. The highest BCUT2D eigenvalue weighted by Gasteiger charge is 2.11. The lowest BCUT2D eigenvalue weighted by Crippen LogP contribution is -2.20. The number of aryl methyl sites for hydroxylation is 2. The van der Waals surface area contributed by atoms with Gasteiger partial charge in [-0.2, -0.15) is 0 Å². The maximum atomic E-state index is 12.1. The van der Waals surface area contributed by atoms with E-state index in [1.807, 2.05) is 0 Å². The van der Waals surface area contributed by atoms with E-state index in [-0.39, 0.29) is 12.5 Å². The Bertz CT molecular complexity index is 775. The van der Waals surface area contributed by atoms with E-state index in [9.17, 15) is 9.59 Å². The summed E-state index contributed by atoms with van der Waals surface area (Å²) in [5.41, 5.74) is 8.56. The number of nitrogens with two attached hydrogens (primary N) is 1. The van der Waals surface area contributed by atoms with Crippen LogP contribution in [0.4, 0.5) is 5.69 Å². The fourth-order valence-electron chi connectivity index (χ4n) is 2.77. The lowest BCUT2D eigenvalue weighted by Gasteiger charge is -2.08. The van der Waals surface area contributed by atoms with E-state index in [0.29, 0.717) is 17.2 Å². The molecule has 0 unspecified atom stereocenters. The van der Waals surface area contributed by atoms with Crippen molar-refractivity contribution in [1.29, 1.82) is 0 Å². The highest BCUT2D eigenvalue weighted by molar-refractivity contribution is 8.00. The third kappa shape index (κ3) is 5.00. The van der Waals surface area contributed by atoms with Gasteiger partial charge in [0.05, 0.1) is 5.75 Å². The lowest BCUT2D eigenvalue weighted by molar-refractivity contribution is -0.120. The van der Waals surface area contributed by atoms with E-state index >= 15 is 0 Å². The molecular formula is C19H20N2O3S. The van der Waals surface area contributed by atoms with Gasteiger partial charge in [0.1, 0.15) is 5.75 Å². The van der Waals surface area contributed by atoms with Crippen LogP contribution in [0.15, 0.2) is 47.4 Å². The van der Waals surface area contributed by atoms with E-state index in [0.717, 1.165) is 11.3 Å². The quantitative estimate of drug-likeness (QED) is 0.748. The maximum Gasteiger partial charge on any atom is 0.255 e. The van der Waals surface area contributed by atoms with E-state index in [4.69, 9.17) is 10.5 Å². The van der Waals surface area contributed by atoms with E-state index in [1.165, 1.54) is 24.0 Å². The number of nitrogens with one attached hydrogen (secondary N) is 1. The fraction of sp³-hybridized carbons (Fsp3) is 0.263. The van der Waals surface area contributed by atoms with E-state index < -0.39 is 5.91 Å². The Kier molecular flexibility index (Phi) is 5.60. The number of anilines is 1. The molecule has 5 nitrogen and oxygen atoms in total. The van der Waals surface area contributed by atoms with Crippen molar-refractivity contribution in [3.05, 3.63) is 53.6 Å². The number of carbonyl (C=O) groups excluding carboxylic acids is 2. The molecule has 0 saturated carbocycles. The second kappa shape index (κ2) is 8.07. The van der Waals surface area contributed by atoms with Gasteiger partial charge in [-0.1, -0.05) is 6.07 Å². The van der Waals surface area contributed by atoms with E-state index in [2.05, 4.69) is 23.5 Å². The third-order valence-electron chi connectivity index (χ3n) is 3.96. The van der Waals surface area contributed by atoms with Crippen LogP contribution in [-0.4, -0.2) is 24.2 Å². The Morgan fingerprint density at radius 3 is 2.60 bits per heavy atom. The normalized spacial score (nSPS) is 12.5. The molecule has 2 amide bonds. The van der Waals surface area contributed by atoms with Gasteiger partial charge < -0.3 is 15.8 Å². The second-order valence-corrected chi connectivity index (χ2v) is 6.95. The minimum absolute atomic E-state index is 0.0590. The van der Waals surface area contributed by atoms with Crippen LogP contribution in [0.1, 0.15) is 17.5 Å². The Hall–Kier alpha value is -2.47. The number of benzene rings is 2. The van der Waals surface area contributed by atoms with Crippen LogP contribution in [0.25, 0.3) is 0 Å². The largest absolute Gasteiger partial charge is 0.484 e. The molecule has 130 valence electrons. The summed E-state index contributed by atoms with van der Waals surface area (Å²) in [5.74, 6) is 0.306. The van der Waals surface area contributed by atoms with Crippen molar-refractivity contribution >= 4 is 29.3 Å². The Balaban J connectivity index is 1.48. The highest BCUT2D eigenvalue weighted by atomic mass is 32.2. The van der Waals surface area contributed by atoms with Gasteiger partial charge in [-0.15, -0.1) is 11.8 Å². The first kappa shape index (κ1) is 17.4. The zero-order valence-electron chi connectivity index (χ0n) is 13.8. The predicted molar refractivity (Wildman–Crippen MR) is 99.0 cm³/mol. The molecule has 0 heterocycles. The predicted octanol–water partition coefficient (Wildman–Crippen LogP) is 2.77. The number of carbonyl (C=O) groups is 2. The SMILES string of the molecule is NC(=O)COc1ccc(NC(=O)CSc2ccc3c(c2)CCC3)cc1. The van der Waals surface area contributed by atoms with Crippen LogP contribution in [-0.2, 0) is 22.4 Å². The van der Waals surface area contributed by atoms with Gasteiger partial charge in [0.25, 0.3) is 5.91 Å². The molecule has 1 aliphatic rings. The number of hydrogen-bond donors (Lipinski definition) is 2. The second-order valence-electron chi connectivity index (χ2n) is 5.90. The van der Waals surface area contributed by atoms with Crippen molar-refractivity contribution in [2.75, 3.05) is 17.7 Å². The molecule has 0 saturated heterocycles. The molecule has 0 spiro atoms. The van der Waals surface area contributed by atoms with Crippen LogP contribution in [0.2, 0.25) is 0 Å². The fourth-order valence-corrected chi connectivity index (χ4v) is 3.53. The summed E-state index contributed by atoms with van der Waals surface area (Å²) in [4.78, 5) is 23.9. The average molecular weight is 356 g/mol. The number of thioether (sulfide) groups is 1. The van der Waals surface area contributed by atoms with Gasteiger partial charge in [-0.05, 0) is 66.8 Å². The van der Waals surface area contributed by atoms with Crippen molar-refractivity contribution in [1.82, 2.24) is 0 Å². The third-order valence-corrected chi connectivity index (χ3v) is 4.95. The molecular weight excluding hydrogens is 336 g/mol. The molecule has 3 rings (SSSR count). The van der Waals surface area contributed by atoms with Crippen LogP contribution >= 0.6 is 11.8 Å². The Morgan fingerprint density at radius 2 is 1.84 bits per heavy atom. The molecule has 0 bridgehead atoms. The number of hydrogen-bond acceptors (Lipinski definition) is 4. The summed E-state index contributed by atoms with van der Waals surface area (Å²) in [5, 5.41) is 2.85. The first-order chi connectivity index (χ1) is 12.1. The van der Waals surface area contributed by atoms with Crippen molar-refractivity contribution in [3.63, 3.8) is 0 Å².